The van der Waals surface area contributed by atoms with Gasteiger partial charge < -0.3 is 9.29 Å². The summed E-state index contributed by atoms with van der Waals surface area (Å²) >= 11 is 0. The van der Waals surface area contributed by atoms with Crippen molar-refractivity contribution >= 4 is 10.1 Å². The summed E-state index contributed by atoms with van der Waals surface area (Å²) in [4.78, 5) is 0. The van der Waals surface area contributed by atoms with E-state index in [4.69, 9.17) is 4.74 Å². The maximum Gasteiger partial charge on any atom is 1.00 e. The zero-order valence-corrected chi connectivity index (χ0v) is 19.6. The van der Waals surface area contributed by atoms with E-state index in [9.17, 15) is 13.0 Å². The second-order valence-corrected chi connectivity index (χ2v) is 8.35. The Kier molecular flexibility index (Phi) is 23.8. The van der Waals surface area contributed by atoms with Gasteiger partial charge in [-0.2, -0.15) is 0 Å². The van der Waals surface area contributed by atoms with Crippen LogP contribution in [0.5, 0.6) is 0 Å². The topological polar surface area (TPSA) is 66.4 Å². The molecule has 0 aromatic carbocycles. The minimum Gasteiger partial charge on any atom is -0.748 e. The van der Waals surface area contributed by atoms with Crippen molar-refractivity contribution in [1.29, 1.82) is 0 Å². The molecular formula is C19H39NaO4S. The van der Waals surface area contributed by atoms with E-state index in [1.165, 1.54) is 83.5 Å². The van der Waals surface area contributed by atoms with Crippen LogP contribution in [-0.4, -0.2) is 31.9 Å². The summed E-state index contributed by atoms with van der Waals surface area (Å²) in [5.41, 5.74) is 0. The molecule has 146 valence electrons. The predicted octanol–water partition coefficient (Wildman–Crippen LogP) is 2.42. The van der Waals surface area contributed by atoms with Gasteiger partial charge >= 0.3 is 29.6 Å². The second-order valence-electron chi connectivity index (χ2n) is 6.82. The molecule has 0 aliphatic rings. The van der Waals surface area contributed by atoms with E-state index in [0.717, 1.165) is 6.42 Å². The first-order valence-corrected chi connectivity index (χ1v) is 11.7. The molecule has 0 aliphatic heterocycles. The molecule has 0 bridgehead atoms. The van der Waals surface area contributed by atoms with E-state index >= 15 is 0 Å². The van der Waals surface area contributed by atoms with Crippen molar-refractivity contribution in [3.8, 4) is 0 Å². The zero-order valence-electron chi connectivity index (χ0n) is 16.8. The summed E-state index contributed by atoms with van der Waals surface area (Å²) in [6.07, 6.45) is 19.0. The Balaban J connectivity index is 0. The molecule has 0 unspecified atom stereocenters. The molecule has 0 aromatic heterocycles. The van der Waals surface area contributed by atoms with Crippen LogP contribution in [0.3, 0.4) is 0 Å². The van der Waals surface area contributed by atoms with Gasteiger partial charge in [0, 0.05) is 19.0 Å². The third kappa shape index (κ3) is 27.2. The molecule has 0 heterocycles. The Morgan fingerprint density at radius 1 is 0.640 bits per heavy atom. The first kappa shape index (κ1) is 28.1. The molecule has 0 fully saturated rings. The van der Waals surface area contributed by atoms with Crippen LogP contribution in [0.15, 0.2) is 0 Å². The van der Waals surface area contributed by atoms with Crippen LogP contribution in [0.1, 0.15) is 103 Å². The van der Waals surface area contributed by atoms with Crippen molar-refractivity contribution in [3.63, 3.8) is 0 Å². The number of ether oxygens (including phenoxy) is 1. The minimum absolute atomic E-state index is 0. The van der Waals surface area contributed by atoms with Crippen molar-refractivity contribution in [2.75, 3.05) is 19.0 Å². The van der Waals surface area contributed by atoms with Crippen LogP contribution in [0.2, 0.25) is 0 Å². The third-order valence-corrected chi connectivity index (χ3v) is 5.11. The van der Waals surface area contributed by atoms with Crippen molar-refractivity contribution < 1.29 is 47.3 Å². The molecule has 0 atom stereocenters. The van der Waals surface area contributed by atoms with Gasteiger partial charge in [0.25, 0.3) is 0 Å². The van der Waals surface area contributed by atoms with Gasteiger partial charge in [0.2, 0.25) is 0 Å². The summed E-state index contributed by atoms with van der Waals surface area (Å²) in [7, 11) is -4.08. The molecule has 0 amide bonds. The van der Waals surface area contributed by atoms with Crippen molar-refractivity contribution in [1.82, 2.24) is 0 Å². The molecule has 0 saturated carbocycles. The van der Waals surface area contributed by atoms with Crippen LogP contribution in [0.25, 0.3) is 0 Å². The van der Waals surface area contributed by atoms with Gasteiger partial charge in [-0.05, 0) is 12.8 Å². The molecule has 25 heavy (non-hydrogen) atoms. The van der Waals surface area contributed by atoms with Gasteiger partial charge in [0.15, 0.2) is 0 Å². The minimum atomic E-state index is -4.08. The van der Waals surface area contributed by atoms with Gasteiger partial charge in [-0.25, -0.2) is 8.42 Å². The van der Waals surface area contributed by atoms with E-state index < -0.39 is 10.1 Å². The fraction of sp³-hybridized carbons (Fsp3) is 1.00. The van der Waals surface area contributed by atoms with Crippen molar-refractivity contribution in [2.45, 2.75) is 103 Å². The third-order valence-electron chi connectivity index (χ3n) is 4.33. The SMILES string of the molecule is CCCCCCCCCCCCCCCCOCCCS(=O)(=O)[O-].[Na+]. The van der Waals surface area contributed by atoms with E-state index in [0.29, 0.717) is 19.6 Å². The summed E-state index contributed by atoms with van der Waals surface area (Å²) < 4.78 is 36.5. The fourth-order valence-corrected chi connectivity index (χ4v) is 3.31. The monoisotopic (exact) mass is 386 g/mol. The average molecular weight is 387 g/mol. The van der Waals surface area contributed by atoms with Crippen LogP contribution >= 0.6 is 0 Å². The normalized spacial score (nSPS) is 11.4. The maximum absolute atomic E-state index is 10.4. The number of hydrogen-bond acceptors (Lipinski definition) is 4. The first-order chi connectivity index (χ1) is 11.6. The van der Waals surface area contributed by atoms with Crippen LogP contribution in [0, 0.1) is 0 Å². The average Bonchev–Trinajstić information content (AvgIpc) is 2.52. The van der Waals surface area contributed by atoms with E-state index in [-0.39, 0.29) is 35.3 Å². The molecule has 4 nitrogen and oxygen atoms in total. The summed E-state index contributed by atoms with van der Waals surface area (Å²) in [5, 5.41) is 0. The van der Waals surface area contributed by atoms with Gasteiger partial charge in [-0.15, -0.1) is 0 Å². The van der Waals surface area contributed by atoms with Gasteiger partial charge in [0.05, 0.1) is 10.1 Å². The molecule has 0 aromatic rings. The molecule has 0 N–H and O–H groups in total. The molecular weight excluding hydrogens is 347 g/mol. The van der Waals surface area contributed by atoms with Gasteiger partial charge in [-0.1, -0.05) is 90.4 Å². The van der Waals surface area contributed by atoms with Crippen molar-refractivity contribution in [3.05, 3.63) is 0 Å². The summed E-state index contributed by atoms with van der Waals surface area (Å²) in [6.45, 7) is 3.32. The summed E-state index contributed by atoms with van der Waals surface area (Å²) in [6, 6.07) is 0. The molecule has 0 radical (unpaired) electrons. The first-order valence-electron chi connectivity index (χ1n) is 10.1. The molecule has 0 rings (SSSR count). The zero-order chi connectivity index (χ0) is 17.9. The molecule has 6 heteroatoms. The Hall–Kier alpha value is 0.870. The quantitative estimate of drug-likeness (QED) is 0.194. The number of unbranched alkanes of at least 4 members (excludes halogenated alkanes) is 13. The van der Waals surface area contributed by atoms with E-state index in [2.05, 4.69) is 6.92 Å². The Labute approximate surface area is 178 Å². The van der Waals surface area contributed by atoms with E-state index in [1.54, 1.807) is 0 Å². The smallest absolute Gasteiger partial charge is 0.748 e. The Morgan fingerprint density at radius 3 is 1.40 bits per heavy atom. The number of hydrogen-bond donors (Lipinski definition) is 0. The standard InChI is InChI=1S/C19H40O4S.Na/c1-2-3-4-5-6-7-8-9-10-11-12-13-14-15-17-23-18-16-19-24(20,21)22;/h2-19H2,1H3,(H,20,21,22);/q;+1/p-1. The second kappa shape index (κ2) is 21.2. The maximum atomic E-state index is 10.4. The van der Waals surface area contributed by atoms with E-state index in [1.807, 2.05) is 0 Å². The van der Waals surface area contributed by atoms with Crippen LogP contribution in [-0.2, 0) is 14.9 Å². The Morgan fingerprint density at radius 2 is 1.00 bits per heavy atom. The van der Waals surface area contributed by atoms with Crippen LogP contribution < -0.4 is 29.6 Å². The predicted molar refractivity (Wildman–Crippen MR) is 100 cm³/mol. The number of rotatable bonds is 19. The molecule has 0 aliphatic carbocycles. The van der Waals surface area contributed by atoms with Gasteiger partial charge in [0.1, 0.15) is 0 Å². The summed E-state index contributed by atoms with van der Waals surface area (Å²) in [5.74, 6) is -0.314. The molecule has 0 saturated heterocycles. The van der Waals surface area contributed by atoms with Crippen LogP contribution in [0.4, 0.5) is 0 Å². The van der Waals surface area contributed by atoms with Gasteiger partial charge in [-0.3, -0.25) is 0 Å². The Bertz CT molecular complexity index is 347. The molecule has 0 spiro atoms. The largest absolute Gasteiger partial charge is 1.00 e. The fourth-order valence-electron chi connectivity index (χ4n) is 2.84. The van der Waals surface area contributed by atoms with Crippen molar-refractivity contribution in [2.24, 2.45) is 0 Å².